The van der Waals surface area contributed by atoms with Crippen LogP contribution in [0.25, 0.3) is 0 Å². The van der Waals surface area contributed by atoms with Crippen molar-refractivity contribution < 1.29 is 24.6 Å². The molecule has 0 radical (unpaired) electrons. The standard InChI is InChI=1S/C10H13N3O5S2/c1-3(14)5-7(16)13-6(9(17)18)10(20-8(5)13)19-2-4(15)12-11/h3,5,8,14H,2,11H2,1H3,(H,12,15)(H,17,18)/t3?,5?,8-/m1/s1. The highest BCUT2D eigenvalue weighted by atomic mass is 32.2. The molecule has 2 aliphatic rings. The lowest BCUT2D eigenvalue weighted by Gasteiger charge is -2.43. The Balaban J connectivity index is 2.17. The highest BCUT2D eigenvalue weighted by Crippen LogP contribution is 2.53. The van der Waals surface area contributed by atoms with Gasteiger partial charge in [0.15, 0.2) is 5.70 Å². The number of carboxylic acids is 1. The van der Waals surface area contributed by atoms with E-state index in [4.69, 9.17) is 5.84 Å². The first-order chi connectivity index (χ1) is 9.38. The zero-order chi connectivity index (χ0) is 15.0. The highest BCUT2D eigenvalue weighted by Gasteiger charge is 2.57. The van der Waals surface area contributed by atoms with Crippen molar-refractivity contribution in [2.45, 2.75) is 18.4 Å². The quantitative estimate of drug-likeness (QED) is 0.217. The number of aliphatic hydroxyl groups is 1. The molecule has 2 heterocycles. The topological polar surface area (TPSA) is 133 Å². The molecule has 0 saturated carbocycles. The first kappa shape index (κ1) is 15.2. The number of carbonyl (C=O) groups is 3. The van der Waals surface area contributed by atoms with Gasteiger partial charge in [0.1, 0.15) is 5.37 Å². The Hall–Kier alpha value is -1.23. The Morgan fingerprint density at radius 2 is 2.25 bits per heavy atom. The molecule has 0 spiro atoms. The van der Waals surface area contributed by atoms with Crippen LogP contribution in [-0.2, 0) is 14.4 Å². The van der Waals surface area contributed by atoms with Crippen molar-refractivity contribution in [3.8, 4) is 0 Å². The van der Waals surface area contributed by atoms with Gasteiger partial charge in [-0.1, -0.05) is 11.8 Å². The Bertz CT molecular complexity index is 507. The van der Waals surface area contributed by atoms with E-state index >= 15 is 0 Å². The van der Waals surface area contributed by atoms with Gasteiger partial charge in [0, 0.05) is 0 Å². The number of aliphatic carboxylic acids is 1. The number of thioether (sulfide) groups is 2. The summed E-state index contributed by atoms with van der Waals surface area (Å²) < 4.78 is 0.377. The van der Waals surface area contributed by atoms with Gasteiger partial charge in [-0.25, -0.2) is 10.6 Å². The molecule has 110 valence electrons. The van der Waals surface area contributed by atoms with Gasteiger partial charge in [-0.05, 0) is 6.92 Å². The van der Waals surface area contributed by atoms with Crippen LogP contribution in [0.1, 0.15) is 6.92 Å². The Morgan fingerprint density at radius 3 is 2.75 bits per heavy atom. The lowest BCUT2D eigenvalue weighted by Crippen LogP contribution is -2.60. The van der Waals surface area contributed by atoms with E-state index in [0.29, 0.717) is 4.24 Å². The molecule has 20 heavy (non-hydrogen) atoms. The minimum Gasteiger partial charge on any atom is -0.477 e. The number of β-lactam (4-membered cyclic amide) rings is 1. The van der Waals surface area contributed by atoms with E-state index in [9.17, 15) is 24.6 Å². The molecular formula is C10H13N3O5S2. The Labute approximate surface area is 122 Å². The van der Waals surface area contributed by atoms with Crippen molar-refractivity contribution in [1.29, 1.82) is 0 Å². The fourth-order valence-electron chi connectivity index (χ4n) is 2.02. The van der Waals surface area contributed by atoms with Gasteiger partial charge in [0.25, 0.3) is 0 Å². The molecule has 3 atom stereocenters. The number of amides is 2. The number of nitrogens with one attached hydrogen (secondary N) is 1. The van der Waals surface area contributed by atoms with Crippen LogP contribution in [0.5, 0.6) is 0 Å². The third-order valence-electron chi connectivity index (χ3n) is 2.96. The number of hydrogen-bond acceptors (Lipinski definition) is 7. The maximum absolute atomic E-state index is 11.9. The smallest absolute Gasteiger partial charge is 0.354 e. The van der Waals surface area contributed by atoms with Gasteiger partial charge < -0.3 is 10.2 Å². The number of carboxylic acid groups (broad SMARTS) is 1. The van der Waals surface area contributed by atoms with Crippen LogP contribution in [-0.4, -0.2) is 50.1 Å². The van der Waals surface area contributed by atoms with Gasteiger partial charge in [-0.15, -0.1) is 11.8 Å². The number of fused-ring (bicyclic) bond motifs is 1. The van der Waals surface area contributed by atoms with Gasteiger partial charge >= 0.3 is 5.97 Å². The summed E-state index contributed by atoms with van der Waals surface area (Å²) in [6, 6.07) is 0. The van der Waals surface area contributed by atoms with E-state index in [1.807, 2.05) is 5.43 Å². The Kier molecular flexibility index (Phi) is 4.28. The minimum absolute atomic E-state index is 0.0380. The summed E-state index contributed by atoms with van der Waals surface area (Å²) in [5, 5.41) is 18.3. The van der Waals surface area contributed by atoms with Crippen molar-refractivity contribution in [2.75, 3.05) is 5.75 Å². The summed E-state index contributed by atoms with van der Waals surface area (Å²) >= 11 is 2.19. The van der Waals surface area contributed by atoms with Crippen LogP contribution in [0.15, 0.2) is 9.93 Å². The molecule has 2 rings (SSSR count). The number of rotatable bonds is 5. The summed E-state index contributed by atoms with van der Waals surface area (Å²) in [6.45, 7) is 1.49. The van der Waals surface area contributed by atoms with Crippen LogP contribution in [0.2, 0.25) is 0 Å². The summed E-state index contributed by atoms with van der Waals surface area (Å²) in [5.74, 6) is 2.22. The lowest BCUT2D eigenvalue weighted by molar-refractivity contribution is -0.156. The van der Waals surface area contributed by atoms with Crippen LogP contribution in [0.4, 0.5) is 0 Å². The molecule has 2 amide bonds. The van der Waals surface area contributed by atoms with Crippen LogP contribution < -0.4 is 11.3 Å². The van der Waals surface area contributed by atoms with Crippen LogP contribution in [0.3, 0.4) is 0 Å². The molecule has 1 saturated heterocycles. The summed E-state index contributed by atoms with van der Waals surface area (Å²) in [7, 11) is 0. The van der Waals surface area contributed by atoms with Gasteiger partial charge in [-0.2, -0.15) is 0 Å². The Morgan fingerprint density at radius 1 is 1.60 bits per heavy atom. The maximum Gasteiger partial charge on any atom is 0.354 e. The first-order valence-corrected chi connectivity index (χ1v) is 7.52. The van der Waals surface area contributed by atoms with Crippen molar-refractivity contribution in [1.82, 2.24) is 10.3 Å². The number of aliphatic hydroxyl groups excluding tert-OH is 1. The molecule has 0 bridgehead atoms. The number of carbonyl (C=O) groups excluding carboxylic acids is 2. The summed E-state index contributed by atoms with van der Waals surface area (Å²) in [6.07, 6.45) is -0.844. The third kappa shape index (κ3) is 2.39. The van der Waals surface area contributed by atoms with E-state index in [1.165, 1.54) is 18.7 Å². The van der Waals surface area contributed by atoms with E-state index in [1.54, 1.807) is 0 Å². The molecule has 0 aliphatic carbocycles. The number of nitrogens with zero attached hydrogens (tertiary/aromatic N) is 1. The monoisotopic (exact) mass is 319 g/mol. The number of hydrazine groups is 1. The third-order valence-corrected chi connectivity index (χ3v) is 5.62. The molecule has 0 aromatic carbocycles. The molecule has 10 heteroatoms. The molecule has 8 nitrogen and oxygen atoms in total. The van der Waals surface area contributed by atoms with Gasteiger partial charge in [0.2, 0.25) is 11.8 Å². The van der Waals surface area contributed by atoms with Crippen molar-refractivity contribution in [2.24, 2.45) is 11.8 Å². The SMILES string of the molecule is CC(O)C1C(=O)N2C(C(=O)O)=C(SCC(=O)NN)S[C@H]12. The zero-order valence-corrected chi connectivity index (χ0v) is 12.0. The lowest BCUT2D eigenvalue weighted by atomic mass is 9.92. The first-order valence-electron chi connectivity index (χ1n) is 5.66. The van der Waals surface area contributed by atoms with Crippen molar-refractivity contribution in [3.05, 3.63) is 9.93 Å². The average Bonchev–Trinajstić information content (AvgIpc) is 2.69. The van der Waals surface area contributed by atoms with Crippen LogP contribution >= 0.6 is 23.5 Å². The summed E-state index contributed by atoms with van der Waals surface area (Å²) in [4.78, 5) is 35.4. The normalized spacial score (nSPS) is 26.1. The minimum atomic E-state index is -1.23. The maximum atomic E-state index is 11.9. The fourth-order valence-corrected chi connectivity index (χ4v) is 4.76. The molecule has 0 aromatic rings. The second kappa shape index (κ2) is 5.64. The molecule has 5 N–H and O–H groups in total. The van der Waals surface area contributed by atoms with Crippen molar-refractivity contribution in [3.63, 3.8) is 0 Å². The molecule has 2 unspecified atom stereocenters. The second-order valence-corrected chi connectivity index (χ2v) is 6.65. The largest absolute Gasteiger partial charge is 0.477 e. The summed E-state index contributed by atoms with van der Waals surface area (Å²) in [5.41, 5.74) is 1.82. The van der Waals surface area contributed by atoms with Crippen molar-refractivity contribution >= 4 is 41.3 Å². The van der Waals surface area contributed by atoms with E-state index in [-0.39, 0.29) is 11.4 Å². The predicted octanol–water partition coefficient (Wildman–Crippen LogP) is -1.12. The molecule has 1 fully saturated rings. The van der Waals surface area contributed by atoms with Gasteiger partial charge in [0.05, 0.1) is 22.0 Å². The van der Waals surface area contributed by atoms with Crippen LogP contribution in [0, 0.1) is 5.92 Å². The number of nitrogens with two attached hydrogens (primary N) is 1. The average molecular weight is 319 g/mol. The van der Waals surface area contributed by atoms with E-state index in [2.05, 4.69) is 0 Å². The fraction of sp³-hybridized carbons (Fsp3) is 0.500. The number of hydrogen-bond donors (Lipinski definition) is 4. The highest BCUT2D eigenvalue weighted by molar-refractivity contribution is 8.23. The van der Waals surface area contributed by atoms with E-state index in [0.717, 1.165) is 16.7 Å². The zero-order valence-electron chi connectivity index (χ0n) is 10.4. The van der Waals surface area contributed by atoms with Gasteiger partial charge in [-0.3, -0.25) is 19.9 Å². The molecular weight excluding hydrogens is 306 g/mol. The second-order valence-electron chi connectivity index (χ2n) is 4.28. The molecule has 2 aliphatic heterocycles. The molecule has 0 aromatic heterocycles. The van der Waals surface area contributed by atoms with E-state index < -0.39 is 35.2 Å². The predicted molar refractivity (Wildman–Crippen MR) is 72.8 cm³/mol.